The number of hydrogen-bond acceptors (Lipinski definition) is 5. The number of hydrogen-bond donors (Lipinski definition) is 4. The van der Waals surface area contributed by atoms with Crippen molar-refractivity contribution >= 4 is 22.4 Å². The van der Waals surface area contributed by atoms with Gasteiger partial charge in [-0.15, -0.1) is 0 Å². The number of carbonyl (C=O) groups excluding carboxylic acids is 1. The van der Waals surface area contributed by atoms with Crippen molar-refractivity contribution in [1.29, 1.82) is 0 Å². The Morgan fingerprint density at radius 1 is 1.24 bits per heavy atom. The van der Waals surface area contributed by atoms with Crippen LogP contribution in [-0.2, 0) is 9.53 Å². The number of aromatic nitrogens is 2. The normalized spacial score (nSPS) is 21.6. The van der Waals surface area contributed by atoms with Gasteiger partial charge in [-0.1, -0.05) is 6.07 Å². The van der Waals surface area contributed by atoms with Crippen molar-refractivity contribution in [3.8, 4) is 0 Å². The summed E-state index contributed by atoms with van der Waals surface area (Å²) in [5, 5.41) is 7.49. The average molecular weight is 290 g/mol. The Balaban J connectivity index is 2.02. The minimum Gasteiger partial charge on any atom is -0.379 e. The van der Waals surface area contributed by atoms with Crippen molar-refractivity contribution in [3.05, 3.63) is 38.9 Å². The average Bonchev–Trinajstić information content (AvgIpc) is 2.89. The summed E-state index contributed by atoms with van der Waals surface area (Å²) in [5.74, 6) is -0.798. The summed E-state index contributed by atoms with van der Waals surface area (Å²) in [4.78, 5) is 35.8. The van der Waals surface area contributed by atoms with Crippen LogP contribution in [0.4, 0.5) is 5.69 Å². The number of H-pyrrole nitrogens is 2. The third kappa shape index (κ3) is 2.34. The van der Waals surface area contributed by atoms with Gasteiger partial charge in [-0.2, -0.15) is 0 Å². The molecule has 1 aliphatic rings. The van der Waals surface area contributed by atoms with E-state index in [0.29, 0.717) is 6.61 Å². The molecule has 2 aromatic rings. The van der Waals surface area contributed by atoms with Gasteiger partial charge in [0.1, 0.15) is 0 Å². The van der Waals surface area contributed by atoms with Crippen LogP contribution in [0.25, 0.3) is 10.8 Å². The fourth-order valence-corrected chi connectivity index (χ4v) is 2.40. The number of fused-ring (bicyclic) bond motifs is 1. The van der Waals surface area contributed by atoms with E-state index in [0.717, 1.165) is 0 Å². The first-order valence-corrected chi connectivity index (χ1v) is 6.46. The highest BCUT2D eigenvalue weighted by Gasteiger charge is 2.31. The molecule has 0 spiro atoms. The van der Waals surface area contributed by atoms with E-state index >= 15 is 0 Å². The van der Waals surface area contributed by atoms with E-state index in [-0.39, 0.29) is 35.0 Å². The topological polar surface area (TPSA) is 130 Å². The van der Waals surface area contributed by atoms with Gasteiger partial charge in [0.25, 0.3) is 11.1 Å². The van der Waals surface area contributed by atoms with Gasteiger partial charge in [-0.05, 0) is 12.1 Å². The molecule has 2 atom stereocenters. The molecule has 0 bridgehead atoms. The van der Waals surface area contributed by atoms with Gasteiger partial charge in [0.05, 0.1) is 35.6 Å². The molecule has 0 aliphatic carbocycles. The molecule has 1 aromatic heterocycles. The zero-order chi connectivity index (χ0) is 15.0. The van der Waals surface area contributed by atoms with Crippen LogP contribution in [-0.4, -0.2) is 35.4 Å². The molecule has 0 radical (unpaired) electrons. The summed E-state index contributed by atoms with van der Waals surface area (Å²) in [5.41, 5.74) is 5.16. The predicted molar refractivity (Wildman–Crippen MR) is 76.1 cm³/mol. The summed E-state index contributed by atoms with van der Waals surface area (Å²) in [6.07, 6.45) is 0. The number of aromatic amines is 2. The van der Waals surface area contributed by atoms with Gasteiger partial charge < -0.3 is 15.8 Å². The summed E-state index contributed by atoms with van der Waals surface area (Å²) in [6.45, 7) is 0.572. The lowest BCUT2D eigenvalue weighted by Gasteiger charge is -2.14. The Labute approximate surface area is 118 Å². The molecule has 8 nitrogen and oxygen atoms in total. The van der Waals surface area contributed by atoms with Crippen molar-refractivity contribution in [2.24, 2.45) is 11.7 Å². The second-order valence-electron chi connectivity index (χ2n) is 4.93. The number of ether oxygens (including phenoxy) is 1. The fraction of sp³-hybridized carbons (Fsp3) is 0.308. The van der Waals surface area contributed by atoms with Crippen LogP contribution in [0.5, 0.6) is 0 Å². The van der Waals surface area contributed by atoms with E-state index in [2.05, 4.69) is 15.5 Å². The molecule has 3 rings (SSSR count). The largest absolute Gasteiger partial charge is 0.379 e. The van der Waals surface area contributed by atoms with Crippen LogP contribution in [0.1, 0.15) is 0 Å². The molecule has 1 aromatic carbocycles. The van der Waals surface area contributed by atoms with E-state index < -0.39 is 17.0 Å². The van der Waals surface area contributed by atoms with E-state index in [9.17, 15) is 14.4 Å². The van der Waals surface area contributed by atoms with Gasteiger partial charge in [-0.25, -0.2) is 0 Å². The fourth-order valence-electron chi connectivity index (χ4n) is 2.40. The SMILES string of the molecule is NC1COCC1C(=O)Nc1cccc2c(=O)[nH][nH]c(=O)c12. The molecule has 0 saturated carbocycles. The molecule has 8 heteroatoms. The first-order chi connectivity index (χ1) is 10.1. The second-order valence-corrected chi connectivity index (χ2v) is 4.93. The minimum atomic E-state index is -0.479. The first-order valence-electron chi connectivity index (χ1n) is 6.46. The highest BCUT2D eigenvalue weighted by molar-refractivity contribution is 6.02. The monoisotopic (exact) mass is 290 g/mol. The number of anilines is 1. The zero-order valence-electron chi connectivity index (χ0n) is 11.0. The maximum absolute atomic E-state index is 12.2. The number of benzene rings is 1. The number of nitrogens with one attached hydrogen (secondary N) is 3. The number of carbonyl (C=O) groups is 1. The lowest BCUT2D eigenvalue weighted by molar-refractivity contribution is -0.120. The number of rotatable bonds is 2. The highest BCUT2D eigenvalue weighted by atomic mass is 16.5. The summed E-state index contributed by atoms with van der Waals surface area (Å²) in [6, 6.07) is 4.30. The maximum Gasteiger partial charge on any atom is 0.272 e. The lowest BCUT2D eigenvalue weighted by atomic mass is 10.0. The van der Waals surface area contributed by atoms with Gasteiger partial charge in [0.15, 0.2) is 0 Å². The van der Waals surface area contributed by atoms with E-state index in [1.54, 1.807) is 12.1 Å². The Morgan fingerprint density at radius 3 is 2.71 bits per heavy atom. The van der Waals surface area contributed by atoms with E-state index in [1.165, 1.54) is 6.07 Å². The van der Waals surface area contributed by atoms with Crippen molar-refractivity contribution in [1.82, 2.24) is 10.2 Å². The van der Waals surface area contributed by atoms with Crippen molar-refractivity contribution in [2.45, 2.75) is 6.04 Å². The van der Waals surface area contributed by atoms with Crippen LogP contribution < -0.4 is 22.2 Å². The van der Waals surface area contributed by atoms with Crippen molar-refractivity contribution in [3.63, 3.8) is 0 Å². The smallest absolute Gasteiger partial charge is 0.272 e. The first kappa shape index (κ1) is 13.5. The maximum atomic E-state index is 12.2. The van der Waals surface area contributed by atoms with Crippen LogP contribution in [0.3, 0.4) is 0 Å². The Morgan fingerprint density at radius 2 is 2.00 bits per heavy atom. The quantitative estimate of drug-likeness (QED) is 0.571. The van der Waals surface area contributed by atoms with Gasteiger partial charge in [0, 0.05) is 6.04 Å². The summed E-state index contributed by atoms with van der Waals surface area (Å²) < 4.78 is 5.15. The Hall–Kier alpha value is -2.45. The third-order valence-electron chi connectivity index (χ3n) is 3.54. The molecule has 2 unspecified atom stereocenters. The lowest BCUT2D eigenvalue weighted by Crippen LogP contribution is -2.37. The zero-order valence-corrected chi connectivity index (χ0v) is 11.0. The Kier molecular flexibility index (Phi) is 3.32. The Bertz CT molecular complexity index is 810. The van der Waals surface area contributed by atoms with E-state index in [1.807, 2.05) is 0 Å². The molecule has 2 heterocycles. The van der Waals surface area contributed by atoms with Gasteiger partial charge in [0.2, 0.25) is 5.91 Å². The molecule has 21 heavy (non-hydrogen) atoms. The standard InChI is InChI=1S/C13H14N4O4/c14-8-5-21-4-7(8)11(18)15-9-3-1-2-6-10(9)13(20)17-16-12(6)19/h1-3,7-8H,4-5,14H2,(H,15,18)(H,16,19)(H,17,20). The predicted octanol–water partition coefficient (Wildman–Crippen LogP) is -0.871. The van der Waals surface area contributed by atoms with Crippen molar-refractivity contribution in [2.75, 3.05) is 18.5 Å². The van der Waals surface area contributed by atoms with Gasteiger partial charge >= 0.3 is 0 Å². The molecule has 110 valence electrons. The van der Waals surface area contributed by atoms with Crippen LogP contribution in [0.15, 0.2) is 27.8 Å². The highest BCUT2D eigenvalue weighted by Crippen LogP contribution is 2.19. The van der Waals surface area contributed by atoms with E-state index in [4.69, 9.17) is 10.5 Å². The number of nitrogens with two attached hydrogens (primary N) is 1. The third-order valence-corrected chi connectivity index (χ3v) is 3.54. The number of amides is 1. The molecular weight excluding hydrogens is 276 g/mol. The summed E-state index contributed by atoms with van der Waals surface area (Å²) in [7, 11) is 0. The van der Waals surface area contributed by atoms with Crippen LogP contribution in [0.2, 0.25) is 0 Å². The minimum absolute atomic E-state index is 0.141. The van der Waals surface area contributed by atoms with Crippen LogP contribution >= 0.6 is 0 Å². The van der Waals surface area contributed by atoms with Gasteiger partial charge in [-0.3, -0.25) is 24.6 Å². The molecule has 1 saturated heterocycles. The molecule has 5 N–H and O–H groups in total. The second kappa shape index (κ2) is 5.15. The molecule has 1 amide bonds. The van der Waals surface area contributed by atoms with Crippen LogP contribution in [0, 0.1) is 5.92 Å². The molecule has 1 aliphatic heterocycles. The molecule has 1 fully saturated rings. The van der Waals surface area contributed by atoms with Crippen molar-refractivity contribution < 1.29 is 9.53 Å². The molecular formula is C13H14N4O4. The summed E-state index contributed by atoms with van der Waals surface area (Å²) >= 11 is 0.